The largest absolute Gasteiger partial charge is 0.417 e. The van der Waals surface area contributed by atoms with Crippen molar-refractivity contribution in [3.05, 3.63) is 28.8 Å². The SMILES string of the molecule is CCC(=O)NCCN1C(=O)C(C)(C)Cc2cc(C(F)(F)F)c(C(=O)N(C(C)C)C3CCCN(OC(=O)C(C)(C)C)C3)cc21. The van der Waals surface area contributed by atoms with Crippen molar-refractivity contribution < 1.29 is 37.2 Å². The Morgan fingerprint density at radius 3 is 2.37 bits per heavy atom. The van der Waals surface area contributed by atoms with Crippen molar-refractivity contribution >= 4 is 29.4 Å². The second kappa shape index (κ2) is 12.8. The van der Waals surface area contributed by atoms with Gasteiger partial charge in [-0.15, -0.1) is 5.06 Å². The van der Waals surface area contributed by atoms with E-state index in [2.05, 4.69) is 5.32 Å². The van der Waals surface area contributed by atoms with E-state index in [-0.39, 0.29) is 50.0 Å². The van der Waals surface area contributed by atoms with Gasteiger partial charge in [0.2, 0.25) is 11.8 Å². The third-order valence-corrected chi connectivity index (χ3v) is 7.85. The van der Waals surface area contributed by atoms with Crippen LogP contribution in [-0.2, 0) is 31.8 Å². The average molecular weight is 611 g/mol. The number of amides is 3. The first kappa shape index (κ1) is 34.3. The number of piperidine rings is 1. The molecule has 2 aliphatic heterocycles. The van der Waals surface area contributed by atoms with Crippen molar-refractivity contribution in [1.29, 1.82) is 0 Å². The average Bonchev–Trinajstić information content (AvgIpc) is 2.89. The van der Waals surface area contributed by atoms with Crippen LogP contribution in [0, 0.1) is 10.8 Å². The van der Waals surface area contributed by atoms with Crippen molar-refractivity contribution in [2.45, 2.75) is 99.3 Å². The molecule has 1 aromatic rings. The number of carbonyl (C=O) groups is 4. The second-order valence-corrected chi connectivity index (χ2v) is 13.4. The maximum Gasteiger partial charge on any atom is 0.417 e. The molecular weight excluding hydrogens is 565 g/mol. The number of hydrogen-bond acceptors (Lipinski definition) is 6. The first-order chi connectivity index (χ1) is 19.8. The summed E-state index contributed by atoms with van der Waals surface area (Å²) < 4.78 is 43.6. The number of rotatable bonds is 8. The zero-order valence-electron chi connectivity index (χ0n) is 26.5. The molecule has 9 nitrogen and oxygen atoms in total. The van der Waals surface area contributed by atoms with Crippen LogP contribution in [0.3, 0.4) is 0 Å². The van der Waals surface area contributed by atoms with Gasteiger partial charge in [-0.05, 0) is 71.6 Å². The summed E-state index contributed by atoms with van der Waals surface area (Å²) in [4.78, 5) is 60.2. The Balaban J connectivity index is 2.04. The Labute approximate surface area is 252 Å². The predicted octanol–water partition coefficient (Wildman–Crippen LogP) is 4.97. The first-order valence-corrected chi connectivity index (χ1v) is 14.9. The maximum absolute atomic E-state index is 14.5. The van der Waals surface area contributed by atoms with Gasteiger partial charge in [-0.1, -0.05) is 20.8 Å². The molecule has 0 aliphatic carbocycles. The number of fused-ring (bicyclic) bond motifs is 1. The van der Waals surface area contributed by atoms with Crippen LogP contribution in [0.15, 0.2) is 12.1 Å². The lowest BCUT2D eigenvalue weighted by atomic mass is 9.79. The fraction of sp³-hybridized carbons (Fsp3) is 0.677. The van der Waals surface area contributed by atoms with Gasteiger partial charge in [0, 0.05) is 49.2 Å². The highest BCUT2D eigenvalue weighted by molar-refractivity contribution is 6.03. The van der Waals surface area contributed by atoms with Gasteiger partial charge in [-0.3, -0.25) is 14.4 Å². The van der Waals surface area contributed by atoms with E-state index >= 15 is 0 Å². The van der Waals surface area contributed by atoms with Crippen LogP contribution in [0.1, 0.15) is 96.1 Å². The third-order valence-electron chi connectivity index (χ3n) is 7.85. The molecular formula is C31H45F3N4O5. The zero-order valence-corrected chi connectivity index (χ0v) is 26.5. The van der Waals surface area contributed by atoms with E-state index in [1.54, 1.807) is 55.4 Å². The highest BCUT2D eigenvalue weighted by atomic mass is 19.4. The summed E-state index contributed by atoms with van der Waals surface area (Å²) in [5.41, 5.74) is -2.78. The summed E-state index contributed by atoms with van der Waals surface area (Å²) in [5.74, 6) is -1.76. The summed E-state index contributed by atoms with van der Waals surface area (Å²) in [5, 5.41) is 4.19. The lowest BCUT2D eigenvalue weighted by Crippen LogP contribution is -2.53. The molecule has 0 aromatic heterocycles. The predicted molar refractivity (Wildman–Crippen MR) is 156 cm³/mol. The van der Waals surface area contributed by atoms with Gasteiger partial charge in [0.25, 0.3) is 5.91 Å². The molecule has 2 heterocycles. The molecule has 1 unspecified atom stereocenters. The number of halogens is 3. The van der Waals surface area contributed by atoms with Crippen LogP contribution in [-0.4, -0.2) is 71.9 Å². The summed E-state index contributed by atoms with van der Waals surface area (Å²) in [6.07, 6.45) is -3.40. The van der Waals surface area contributed by atoms with Crippen LogP contribution in [0.2, 0.25) is 0 Å². The Kier molecular flexibility index (Phi) is 10.3. The van der Waals surface area contributed by atoms with Gasteiger partial charge >= 0.3 is 12.1 Å². The number of anilines is 1. The number of benzene rings is 1. The lowest BCUT2D eigenvalue weighted by Gasteiger charge is -2.42. The summed E-state index contributed by atoms with van der Waals surface area (Å²) in [7, 11) is 0. The van der Waals surface area contributed by atoms with E-state index in [4.69, 9.17) is 4.84 Å². The molecule has 1 saturated heterocycles. The molecule has 43 heavy (non-hydrogen) atoms. The minimum atomic E-state index is -4.82. The Bertz CT molecular complexity index is 1240. The minimum Gasteiger partial charge on any atom is -0.367 e. The number of nitrogens with one attached hydrogen (secondary N) is 1. The van der Waals surface area contributed by atoms with E-state index in [0.717, 1.165) is 6.07 Å². The number of hydroxylamine groups is 2. The zero-order chi connectivity index (χ0) is 32.5. The molecule has 0 saturated carbocycles. The summed E-state index contributed by atoms with van der Waals surface area (Å²) in [6.45, 7) is 14.4. The van der Waals surface area contributed by atoms with Gasteiger partial charge in [-0.2, -0.15) is 13.2 Å². The molecule has 1 atom stereocenters. The van der Waals surface area contributed by atoms with Gasteiger partial charge in [0.1, 0.15) is 0 Å². The van der Waals surface area contributed by atoms with Crippen LogP contribution in [0.25, 0.3) is 0 Å². The maximum atomic E-state index is 14.5. The monoisotopic (exact) mass is 610 g/mol. The minimum absolute atomic E-state index is 0.0463. The summed E-state index contributed by atoms with van der Waals surface area (Å²) >= 11 is 0. The van der Waals surface area contributed by atoms with E-state index in [1.807, 2.05) is 0 Å². The van der Waals surface area contributed by atoms with Crippen molar-refractivity contribution in [3.63, 3.8) is 0 Å². The highest BCUT2D eigenvalue weighted by Gasteiger charge is 2.44. The standard InChI is InChI=1S/C31H45F3N4O5/c1-9-25(39)35-12-14-37-24-16-22(23(31(32,33)34)15-20(24)17-30(7,8)27(37)41)26(40)38(19(2)3)21-11-10-13-36(18-21)43-28(42)29(4,5)6/h15-16,19,21H,9-14,17-18H2,1-8H3,(H,35,39). The van der Waals surface area contributed by atoms with Crippen LogP contribution < -0.4 is 10.2 Å². The number of alkyl halides is 3. The molecule has 3 amide bonds. The lowest BCUT2D eigenvalue weighted by molar-refractivity contribution is -0.208. The Morgan fingerprint density at radius 1 is 1.16 bits per heavy atom. The molecule has 1 aromatic carbocycles. The molecule has 0 radical (unpaired) electrons. The molecule has 0 spiro atoms. The van der Waals surface area contributed by atoms with Crippen molar-refractivity contribution in [2.24, 2.45) is 10.8 Å². The van der Waals surface area contributed by atoms with E-state index in [0.29, 0.717) is 24.9 Å². The molecule has 1 fully saturated rings. The summed E-state index contributed by atoms with van der Waals surface area (Å²) in [6, 6.07) is 1.21. The molecule has 2 aliphatic rings. The molecule has 12 heteroatoms. The smallest absolute Gasteiger partial charge is 0.367 e. The second-order valence-electron chi connectivity index (χ2n) is 13.4. The number of carbonyl (C=O) groups excluding carboxylic acids is 4. The third kappa shape index (κ3) is 7.87. The topological polar surface area (TPSA) is 99.3 Å². The fourth-order valence-electron chi connectivity index (χ4n) is 5.56. The molecule has 0 bridgehead atoms. The van der Waals surface area contributed by atoms with E-state index in [1.165, 1.54) is 20.9 Å². The van der Waals surface area contributed by atoms with Crippen molar-refractivity contribution in [2.75, 3.05) is 31.1 Å². The van der Waals surface area contributed by atoms with Crippen LogP contribution in [0.4, 0.5) is 18.9 Å². The first-order valence-electron chi connectivity index (χ1n) is 14.9. The van der Waals surface area contributed by atoms with Crippen molar-refractivity contribution in [1.82, 2.24) is 15.3 Å². The number of nitrogens with zero attached hydrogens (tertiary/aromatic N) is 3. The van der Waals surface area contributed by atoms with Crippen LogP contribution >= 0.6 is 0 Å². The van der Waals surface area contributed by atoms with Gasteiger partial charge in [0.05, 0.1) is 23.1 Å². The van der Waals surface area contributed by atoms with Gasteiger partial charge in [-0.25, -0.2) is 4.79 Å². The molecule has 3 rings (SSSR count). The van der Waals surface area contributed by atoms with E-state index in [9.17, 15) is 32.3 Å². The van der Waals surface area contributed by atoms with E-state index < -0.39 is 52.1 Å². The fourth-order valence-corrected chi connectivity index (χ4v) is 5.56. The highest BCUT2D eigenvalue weighted by Crippen LogP contribution is 2.43. The quantitative estimate of drug-likeness (QED) is 0.447. The van der Waals surface area contributed by atoms with Gasteiger partial charge in [0.15, 0.2) is 0 Å². The number of hydrogen-bond donors (Lipinski definition) is 1. The van der Waals surface area contributed by atoms with Crippen LogP contribution in [0.5, 0.6) is 0 Å². The Morgan fingerprint density at radius 2 is 1.81 bits per heavy atom. The molecule has 1 N–H and O–H groups in total. The molecule has 240 valence electrons. The van der Waals surface area contributed by atoms with Crippen molar-refractivity contribution in [3.8, 4) is 0 Å². The van der Waals surface area contributed by atoms with Gasteiger partial charge < -0.3 is 20.0 Å². The Hall–Kier alpha value is -3.15. The normalized spacial score (nSPS) is 19.2.